The number of rotatable bonds is 6. The second-order valence-corrected chi connectivity index (χ2v) is 12.0. The lowest BCUT2D eigenvalue weighted by molar-refractivity contribution is -0.161. The first-order valence-electron chi connectivity index (χ1n) is 13.0. The fourth-order valence-electron chi connectivity index (χ4n) is 5.08. The van der Waals surface area contributed by atoms with Gasteiger partial charge in [0.25, 0.3) is 0 Å². The number of esters is 2. The Bertz CT molecular complexity index is 1230. The summed E-state index contributed by atoms with van der Waals surface area (Å²) in [7, 11) is 0. The second kappa shape index (κ2) is 10.6. The fourth-order valence-corrected chi connectivity index (χ4v) is 5.24. The first-order chi connectivity index (χ1) is 17.6. The average molecular weight is 543 g/mol. The molecule has 2 aromatic carbocycles. The lowest BCUT2D eigenvalue weighted by atomic mass is 9.71. The third kappa shape index (κ3) is 5.15. The highest BCUT2D eigenvalue weighted by molar-refractivity contribution is 6.30. The zero-order valence-electron chi connectivity index (χ0n) is 23.8. The molecule has 0 bridgehead atoms. The molecule has 0 fully saturated rings. The molecule has 1 N–H and O–H groups in total. The van der Waals surface area contributed by atoms with Gasteiger partial charge in [-0.1, -0.05) is 77.4 Å². The Morgan fingerprint density at radius 2 is 1.55 bits per heavy atom. The molecule has 0 radical (unpaired) electrons. The summed E-state index contributed by atoms with van der Waals surface area (Å²) in [5.41, 5.74) is 0.158. The topological polar surface area (TPSA) is 82.1 Å². The molecule has 6 nitrogen and oxygen atoms in total. The molecule has 7 heteroatoms. The summed E-state index contributed by atoms with van der Waals surface area (Å²) in [6.45, 7) is 17.4. The number of phenols is 1. The van der Waals surface area contributed by atoms with E-state index in [2.05, 4.69) is 0 Å². The van der Waals surface area contributed by atoms with Crippen molar-refractivity contribution in [2.24, 2.45) is 0 Å². The van der Waals surface area contributed by atoms with Gasteiger partial charge in [0, 0.05) is 10.6 Å². The van der Waals surface area contributed by atoms with Gasteiger partial charge in [-0.05, 0) is 60.4 Å². The highest BCUT2D eigenvalue weighted by Crippen LogP contribution is 2.55. The minimum Gasteiger partial charge on any atom is -0.507 e. The molecule has 1 aliphatic heterocycles. The zero-order valence-corrected chi connectivity index (χ0v) is 24.6. The van der Waals surface area contributed by atoms with E-state index in [1.54, 1.807) is 39.0 Å². The third-order valence-electron chi connectivity index (χ3n) is 6.81. The van der Waals surface area contributed by atoms with Gasteiger partial charge >= 0.3 is 11.9 Å². The number of benzene rings is 2. The van der Waals surface area contributed by atoms with Gasteiger partial charge in [0.15, 0.2) is 0 Å². The Morgan fingerprint density at radius 1 is 1.00 bits per heavy atom. The van der Waals surface area contributed by atoms with E-state index in [9.17, 15) is 14.7 Å². The van der Waals surface area contributed by atoms with Gasteiger partial charge in [0.05, 0.1) is 24.7 Å². The van der Waals surface area contributed by atoms with Crippen molar-refractivity contribution in [3.05, 3.63) is 69.3 Å². The van der Waals surface area contributed by atoms with Crippen LogP contribution in [0.2, 0.25) is 5.02 Å². The molecular weight excluding hydrogens is 504 g/mol. The predicted octanol–water partition coefficient (Wildman–Crippen LogP) is 6.98. The molecule has 0 saturated heterocycles. The molecule has 206 valence electrons. The van der Waals surface area contributed by atoms with Gasteiger partial charge < -0.3 is 19.3 Å². The first kappa shape index (κ1) is 29.6. The number of allylic oxidation sites excluding steroid dienone is 1. The molecule has 0 unspecified atom stereocenters. The van der Waals surface area contributed by atoms with Gasteiger partial charge in [-0.15, -0.1) is 0 Å². The summed E-state index contributed by atoms with van der Waals surface area (Å²) in [6.07, 6.45) is 1.55. The fraction of sp³-hybridized carbons (Fsp3) is 0.484. The molecule has 0 amide bonds. The number of fused-ring (bicyclic) bond motifs is 1. The number of hydrogen-bond acceptors (Lipinski definition) is 6. The van der Waals surface area contributed by atoms with Crippen molar-refractivity contribution in [3.8, 4) is 11.5 Å². The molecule has 2 aromatic rings. The average Bonchev–Trinajstić information content (AvgIpc) is 3.13. The van der Waals surface area contributed by atoms with Crippen LogP contribution in [0.15, 0.2) is 42.0 Å². The van der Waals surface area contributed by atoms with Crippen molar-refractivity contribution in [2.75, 3.05) is 13.2 Å². The van der Waals surface area contributed by atoms with Crippen LogP contribution in [-0.2, 0) is 29.9 Å². The minimum absolute atomic E-state index is 0.0396. The van der Waals surface area contributed by atoms with E-state index in [1.165, 1.54) is 0 Å². The van der Waals surface area contributed by atoms with Crippen LogP contribution < -0.4 is 4.74 Å². The molecule has 3 rings (SSSR count). The monoisotopic (exact) mass is 542 g/mol. The van der Waals surface area contributed by atoms with Gasteiger partial charge in [-0.25, -0.2) is 9.59 Å². The Morgan fingerprint density at radius 3 is 2.03 bits per heavy atom. The largest absolute Gasteiger partial charge is 0.507 e. The van der Waals surface area contributed by atoms with Crippen LogP contribution in [0.4, 0.5) is 0 Å². The summed E-state index contributed by atoms with van der Waals surface area (Å²) >= 11 is 6.33. The van der Waals surface area contributed by atoms with Gasteiger partial charge in [0.2, 0.25) is 5.60 Å². The van der Waals surface area contributed by atoms with E-state index < -0.39 is 34.3 Å². The summed E-state index contributed by atoms with van der Waals surface area (Å²) in [5, 5.41) is 11.8. The summed E-state index contributed by atoms with van der Waals surface area (Å²) < 4.78 is 17.4. The van der Waals surface area contributed by atoms with Crippen LogP contribution >= 0.6 is 11.6 Å². The van der Waals surface area contributed by atoms with E-state index in [0.29, 0.717) is 21.9 Å². The van der Waals surface area contributed by atoms with Crippen molar-refractivity contribution in [1.82, 2.24) is 0 Å². The molecule has 2 atom stereocenters. The van der Waals surface area contributed by atoms with E-state index in [4.69, 9.17) is 25.8 Å². The molecular formula is C31H39ClO6. The number of halogens is 1. The van der Waals surface area contributed by atoms with Crippen molar-refractivity contribution in [1.29, 1.82) is 0 Å². The number of phenolic OH excluding ortho intramolecular Hbond substituents is 1. The van der Waals surface area contributed by atoms with Gasteiger partial charge in [-0.2, -0.15) is 0 Å². The van der Waals surface area contributed by atoms with Crippen molar-refractivity contribution >= 4 is 23.5 Å². The van der Waals surface area contributed by atoms with Crippen LogP contribution in [0, 0.1) is 0 Å². The van der Waals surface area contributed by atoms with Crippen LogP contribution in [0.3, 0.4) is 0 Å². The summed E-state index contributed by atoms with van der Waals surface area (Å²) in [5.74, 6) is -1.57. The molecule has 1 aliphatic rings. The number of ether oxygens (including phenoxy) is 3. The van der Waals surface area contributed by atoms with E-state index in [0.717, 1.165) is 11.1 Å². The van der Waals surface area contributed by atoms with Crippen LogP contribution in [0.1, 0.15) is 90.5 Å². The second-order valence-electron chi connectivity index (χ2n) is 11.6. The maximum Gasteiger partial charge on any atom is 0.356 e. The lowest BCUT2D eigenvalue weighted by Crippen LogP contribution is -2.52. The molecule has 0 aliphatic carbocycles. The Balaban J connectivity index is 2.50. The summed E-state index contributed by atoms with van der Waals surface area (Å²) in [4.78, 5) is 27.3. The molecule has 38 heavy (non-hydrogen) atoms. The number of carbonyl (C=O) groups excluding carboxylic acids is 2. The van der Waals surface area contributed by atoms with Crippen molar-refractivity contribution in [2.45, 2.75) is 84.7 Å². The van der Waals surface area contributed by atoms with Crippen LogP contribution in [-0.4, -0.2) is 35.9 Å². The maximum absolute atomic E-state index is 14.0. The number of aromatic hydroxyl groups is 1. The Kier molecular flexibility index (Phi) is 8.28. The molecule has 0 spiro atoms. The Hall–Kier alpha value is -2.99. The number of carbonyl (C=O) groups is 2. The molecule has 0 saturated carbocycles. The first-order valence-corrected chi connectivity index (χ1v) is 13.4. The third-order valence-corrected chi connectivity index (χ3v) is 7.04. The standard InChI is InChI=1S/C31H39ClO6/c1-10-21(27(34)36-11-2)31(28(35)37-12-3)25(20-14-13-19(32)17-24(20)38-31)18-15-22(29(4,5)6)26(33)23(16-18)30(7,8)9/h10,13-17,25,33H,11-12H2,1-9H3/b21-10+/t25-,31+/m1/s1. The van der Waals surface area contributed by atoms with Crippen LogP contribution in [0.25, 0.3) is 0 Å². The van der Waals surface area contributed by atoms with E-state index in [1.807, 2.05) is 59.7 Å². The zero-order chi connectivity index (χ0) is 28.6. The highest BCUT2D eigenvalue weighted by Gasteiger charge is 2.61. The predicted molar refractivity (Wildman–Crippen MR) is 149 cm³/mol. The smallest absolute Gasteiger partial charge is 0.356 e. The number of hydrogen-bond donors (Lipinski definition) is 1. The van der Waals surface area contributed by atoms with Crippen molar-refractivity contribution in [3.63, 3.8) is 0 Å². The Labute approximate surface area is 230 Å². The van der Waals surface area contributed by atoms with E-state index in [-0.39, 0.29) is 24.5 Å². The van der Waals surface area contributed by atoms with Gasteiger partial charge in [-0.3, -0.25) is 0 Å². The van der Waals surface area contributed by atoms with Crippen molar-refractivity contribution < 1.29 is 28.9 Å². The highest BCUT2D eigenvalue weighted by atomic mass is 35.5. The minimum atomic E-state index is -1.87. The lowest BCUT2D eigenvalue weighted by Gasteiger charge is -2.35. The van der Waals surface area contributed by atoms with Gasteiger partial charge in [0.1, 0.15) is 11.5 Å². The van der Waals surface area contributed by atoms with E-state index >= 15 is 0 Å². The summed E-state index contributed by atoms with van der Waals surface area (Å²) in [6, 6.07) is 8.97. The molecule has 1 heterocycles. The normalized spacial score (nSPS) is 19.5. The quantitative estimate of drug-likeness (QED) is 0.313. The SMILES string of the molecule is C/C=C(\C(=O)OCC)[C@]1(C(=O)OCC)Oc2cc(Cl)ccc2[C@H]1c1cc(C(C)(C)C)c(O)c(C(C)(C)C)c1. The maximum atomic E-state index is 14.0. The molecule has 0 aromatic heterocycles. The van der Waals surface area contributed by atoms with Crippen LogP contribution in [0.5, 0.6) is 11.5 Å².